The second-order valence-electron chi connectivity index (χ2n) is 9.93. The van der Waals surface area contributed by atoms with E-state index in [0.29, 0.717) is 12.2 Å². The number of amides is 1. The summed E-state index contributed by atoms with van der Waals surface area (Å²) in [5.41, 5.74) is 7.53. The molecule has 7 rings (SSSR count). The molecule has 0 aliphatic carbocycles. The summed E-state index contributed by atoms with van der Waals surface area (Å²) < 4.78 is 12.6. The van der Waals surface area contributed by atoms with Crippen LogP contribution in [0.15, 0.2) is 84.5 Å². The Labute approximate surface area is 236 Å². The fourth-order valence-electron chi connectivity index (χ4n) is 5.27. The van der Waals surface area contributed by atoms with Crippen LogP contribution >= 0.6 is 11.3 Å². The fraction of sp³-hybridized carbons (Fsp3) is 0.188. The molecule has 1 amide bonds. The van der Waals surface area contributed by atoms with Crippen LogP contribution in [0.2, 0.25) is 0 Å². The number of anilines is 4. The van der Waals surface area contributed by atoms with Gasteiger partial charge in [-0.3, -0.25) is 9.78 Å². The number of morpholine rings is 1. The van der Waals surface area contributed by atoms with E-state index in [4.69, 9.17) is 9.47 Å². The number of hydrogen-bond acceptors (Lipinski definition) is 7. The molecule has 2 N–H and O–H groups in total. The summed E-state index contributed by atoms with van der Waals surface area (Å²) in [6.07, 6.45) is 4.43. The number of fused-ring (bicyclic) bond motifs is 3. The van der Waals surface area contributed by atoms with Crippen LogP contribution in [0.3, 0.4) is 0 Å². The smallest absolute Gasteiger partial charge is 0.257 e. The van der Waals surface area contributed by atoms with E-state index in [1.165, 1.54) is 11.1 Å². The van der Waals surface area contributed by atoms with E-state index in [-0.39, 0.29) is 5.91 Å². The lowest BCUT2D eigenvalue weighted by molar-refractivity contribution is 0.102. The Morgan fingerprint density at radius 2 is 1.77 bits per heavy atom. The molecule has 0 radical (unpaired) electrons. The molecule has 0 atom stereocenters. The third-order valence-electron chi connectivity index (χ3n) is 7.43. The third-order valence-corrected chi connectivity index (χ3v) is 8.36. The molecule has 3 aromatic carbocycles. The average molecular weight is 549 g/mol. The zero-order valence-corrected chi connectivity index (χ0v) is 22.7. The Balaban J connectivity index is 1.04. The Morgan fingerprint density at radius 3 is 2.65 bits per heavy atom. The van der Waals surface area contributed by atoms with Gasteiger partial charge in [-0.15, -0.1) is 11.3 Å². The van der Waals surface area contributed by atoms with E-state index in [9.17, 15) is 4.79 Å². The highest BCUT2D eigenvalue weighted by atomic mass is 32.1. The normalized spacial score (nSPS) is 14.6. The van der Waals surface area contributed by atoms with Gasteiger partial charge in [0.2, 0.25) is 0 Å². The van der Waals surface area contributed by atoms with Crippen LogP contribution < -0.4 is 20.3 Å². The Bertz CT molecular complexity index is 1690. The molecular weight excluding hydrogens is 520 g/mol. The summed E-state index contributed by atoms with van der Waals surface area (Å²) in [5, 5.41) is 9.89. The molecule has 2 aliphatic rings. The van der Waals surface area contributed by atoms with E-state index >= 15 is 0 Å². The van der Waals surface area contributed by atoms with Crippen LogP contribution in [0.25, 0.3) is 21.2 Å². The van der Waals surface area contributed by atoms with E-state index in [1.807, 2.05) is 54.9 Å². The maximum Gasteiger partial charge on any atom is 0.257 e. The molecule has 4 heterocycles. The minimum atomic E-state index is -0.124. The highest BCUT2D eigenvalue weighted by molar-refractivity contribution is 7.17. The minimum absolute atomic E-state index is 0.124. The van der Waals surface area contributed by atoms with Gasteiger partial charge in [-0.25, -0.2) is 0 Å². The van der Waals surface area contributed by atoms with Crippen molar-refractivity contribution < 1.29 is 14.3 Å². The first-order valence-electron chi connectivity index (χ1n) is 13.4. The second-order valence-corrected chi connectivity index (χ2v) is 10.8. The number of rotatable bonds is 6. The molecule has 0 saturated carbocycles. The van der Waals surface area contributed by atoms with E-state index < -0.39 is 0 Å². The lowest BCUT2D eigenvalue weighted by Gasteiger charge is -2.28. The number of carbonyl (C=O) groups excluding carboxylic acids is 1. The lowest BCUT2D eigenvalue weighted by atomic mass is 10.0. The van der Waals surface area contributed by atoms with Gasteiger partial charge in [0.25, 0.3) is 5.91 Å². The number of aromatic nitrogens is 1. The highest BCUT2D eigenvalue weighted by Crippen LogP contribution is 2.38. The SMILES string of the molecule is O=C1Nc2cc(CCOc3ccc(N4CCOCC4)cc3)ccc2Nc2cc(-c3csc4cnccc34)ccc21. The topological polar surface area (TPSA) is 75.7 Å². The summed E-state index contributed by atoms with van der Waals surface area (Å²) in [6.45, 7) is 3.92. The van der Waals surface area contributed by atoms with Gasteiger partial charge in [0, 0.05) is 48.5 Å². The van der Waals surface area contributed by atoms with Gasteiger partial charge in [-0.1, -0.05) is 12.1 Å². The molecule has 2 aliphatic heterocycles. The predicted molar refractivity (Wildman–Crippen MR) is 161 cm³/mol. The summed E-state index contributed by atoms with van der Waals surface area (Å²) in [7, 11) is 0. The molecule has 0 unspecified atom stereocenters. The van der Waals surface area contributed by atoms with Crippen molar-refractivity contribution in [3.05, 3.63) is 95.6 Å². The van der Waals surface area contributed by atoms with Gasteiger partial charge in [0.1, 0.15) is 5.75 Å². The van der Waals surface area contributed by atoms with Gasteiger partial charge in [-0.05, 0) is 71.1 Å². The first-order chi connectivity index (χ1) is 19.7. The van der Waals surface area contributed by atoms with Crippen molar-refractivity contribution in [2.45, 2.75) is 6.42 Å². The van der Waals surface area contributed by atoms with Crippen LogP contribution in [0.4, 0.5) is 22.7 Å². The monoisotopic (exact) mass is 548 g/mol. The second kappa shape index (κ2) is 10.6. The number of ether oxygens (including phenoxy) is 2. The van der Waals surface area contributed by atoms with E-state index in [2.05, 4.69) is 50.2 Å². The van der Waals surface area contributed by atoms with Crippen LogP contribution in [0.5, 0.6) is 5.75 Å². The Kier molecular flexibility index (Phi) is 6.55. The third kappa shape index (κ3) is 4.87. The first kappa shape index (κ1) is 24.6. The van der Waals surface area contributed by atoms with Gasteiger partial charge in [0.15, 0.2) is 0 Å². The summed E-state index contributed by atoms with van der Waals surface area (Å²) in [5.74, 6) is 0.726. The Hall–Kier alpha value is -4.40. The number of benzene rings is 3. The van der Waals surface area contributed by atoms with Crippen molar-refractivity contribution in [2.75, 3.05) is 48.4 Å². The molecular formula is C32H28N4O3S. The van der Waals surface area contributed by atoms with Crippen molar-refractivity contribution in [3.8, 4) is 16.9 Å². The molecule has 1 saturated heterocycles. The molecule has 0 bridgehead atoms. The largest absolute Gasteiger partial charge is 0.493 e. The number of pyridine rings is 1. The molecule has 7 nitrogen and oxygen atoms in total. The van der Waals surface area contributed by atoms with Crippen molar-refractivity contribution in [3.63, 3.8) is 0 Å². The number of hydrogen-bond donors (Lipinski definition) is 2. The molecule has 2 aromatic heterocycles. The summed E-state index contributed by atoms with van der Waals surface area (Å²) in [6, 6.07) is 22.4. The molecule has 8 heteroatoms. The van der Waals surface area contributed by atoms with Crippen LogP contribution in [-0.4, -0.2) is 43.8 Å². The quantitative estimate of drug-likeness (QED) is 0.245. The number of nitrogens with one attached hydrogen (secondary N) is 2. The van der Waals surface area contributed by atoms with Gasteiger partial charge in [0.05, 0.1) is 47.1 Å². The maximum atomic E-state index is 13.1. The van der Waals surface area contributed by atoms with E-state index in [0.717, 1.165) is 76.9 Å². The number of carbonyl (C=O) groups is 1. The first-order valence-corrected chi connectivity index (χ1v) is 14.3. The van der Waals surface area contributed by atoms with E-state index in [1.54, 1.807) is 11.3 Å². The highest BCUT2D eigenvalue weighted by Gasteiger charge is 2.20. The van der Waals surface area contributed by atoms with Crippen LogP contribution in [0.1, 0.15) is 15.9 Å². The average Bonchev–Trinajstić information content (AvgIpc) is 3.37. The minimum Gasteiger partial charge on any atom is -0.493 e. The zero-order chi connectivity index (χ0) is 26.9. The van der Waals surface area contributed by atoms with Crippen molar-refractivity contribution in [1.82, 2.24) is 4.98 Å². The molecule has 0 spiro atoms. The van der Waals surface area contributed by atoms with Gasteiger partial charge in [-0.2, -0.15) is 0 Å². The summed E-state index contributed by atoms with van der Waals surface area (Å²) in [4.78, 5) is 19.7. The fourth-order valence-corrected chi connectivity index (χ4v) is 6.21. The molecule has 40 heavy (non-hydrogen) atoms. The van der Waals surface area contributed by atoms with Crippen molar-refractivity contribution >= 4 is 50.1 Å². The molecule has 5 aromatic rings. The lowest BCUT2D eigenvalue weighted by Crippen LogP contribution is -2.36. The standard InChI is InChI=1S/C32H28N4O3S/c37-32-26-7-2-22(27-20-40-31-19-33-11-9-25(27)31)18-29(26)34-28-8-1-21(17-30(28)35-32)10-14-39-24-5-3-23(4-6-24)36-12-15-38-16-13-36/h1-9,11,17-20,34H,10,12-16H2,(H,35,37). The Morgan fingerprint density at radius 1 is 0.900 bits per heavy atom. The van der Waals surface area contributed by atoms with Crippen molar-refractivity contribution in [1.29, 1.82) is 0 Å². The maximum absolute atomic E-state index is 13.1. The predicted octanol–water partition coefficient (Wildman–Crippen LogP) is 6.73. The van der Waals surface area contributed by atoms with Gasteiger partial charge < -0.3 is 25.0 Å². The zero-order valence-electron chi connectivity index (χ0n) is 21.9. The van der Waals surface area contributed by atoms with Crippen LogP contribution in [0, 0.1) is 0 Å². The molecule has 200 valence electrons. The number of nitrogens with zero attached hydrogens (tertiary/aromatic N) is 2. The number of thiophene rings is 1. The van der Waals surface area contributed by atoms with Crippen molar-refractivity contribution in [2.24, 2.45) is 0 Å². The summed E-state index contributed by atoms with van der Waals surface area (Å²) >= 11 is 1.67. The molecule has 1 fully saturated rings. The van der Waals surface area contributed by atoms with Gasteiger partial charge >= 0.3 is 0 Å². The van der Waals surface area contributed by atoms with Crippen LogP contribution in [-0.2, 0) is 11.2 Å².